The second-order valence-electron chi connectivity index (χ2n) is 5.05. The number of benzene rings is 2. The fourth-order valence-electron chi connectivity index (χ4n) is 2.42. The van der Waals surface area contributed by atoms with Crippen LogP contribution in [0.15, 0.2) is 48.5 Å². The molecular formula is C18H16N2O3. The first-order valence-corrected chi connectivity index (χ1v) is 7.05. The van der Waals surface area contributed by atoms with E-state index in [2.05, 4.69) is 4.98 Å². The maximum Gasteiger partial charge on any atom is 0.337 e. The zero-order valence-corrected chi connectivity index (χ0v) is 12.9. The van der Waals surface area contributed by atoms with Gasteiger partial charge in [0.25, 0.3) is 0 Å². The molecule has 5 nitrogen and oxygen atoms in total. The summed E-state index contributed by atoms with van der Waals surface area (Å²) in [4.78, 5) is 16.2. The van der Waals surface area contributed by atoms with Crippen molar-refractivity contribution < 1.29 is 14.3 Å². The molecule has 3 rings (SSSR count). The third-order valence-corrected chi connectivity index (χ3v) is 3.64. The van der Waals surface area contributed by atoms with Crippen molar-refractivity contribution >= 4 is 22.6 Å². The van der Waals surface area contributed by atoms with E-state index in [-0.39, 0.29) is 0 Å². The van der Waals surface area contributed by atoms with E-state index in [9.17, 15) is 4.79 Å². The number of anilines is 1. The topological polar surface area (TPSA) is 74.4 Å². The summed E-state index contributed by atoms with van der Waals surface area (Å²) < 4.78 is 9.91. The number of ether oxygens (including phenoxy) is 2. The Morgan fingerprint density at radius 1 is 1.04 bits per heavy atom. The van der Waals surface area contributed by atoms with Crippen molar-refractivity contribution in [2.75, 3.05) is 20.0 Å². The molecule has 0 aliphatic heterocycles. The predicted molar refractivity (Wildman–Crippen MR) is 89.5 cm³/mol. The van der Waals surface area contributed by atoms with Crippen LogP contribution in [-0.4, -0.2) is 25.2 Å². The van der Waals surface area contributed by atoms with Crippen LogP contribution in [0, 0.1) is 0 Å². The van der Waals surface area contributed by atoms with E-state index in [1.165, 1.54) is 7.11 Å². The number of pyridine rings is 1. The summed E-state index contributed by atoms with van der Waals surface area (Å²) in [5, 5.41) is 0.984. The average Bonchev–Trinajstić information content (AvgIpc) is 2.60. The van der Waals surface area contributed by atoms with Crippen LogP contribution < -0.4 is 10.5 Å². The molecule has 3 aromatic rings. The molecule has 0 saturated heterocycles. The van der Waals surface area contributed by atoms with Gasteiger partial charge < -0.3 is 15.2 Å². The highest BCUT2D eigenvalue weighted by atomic mass is 16.5. The molecular weight excluding hydrogens is 292 g/mol. The van der Waals surface area contributed by atoms with Gasteiger partial charge in [0.1, 0.15) is 5.75 Å². The van der Waals surface area contributed by atoms with Crippen molar-refractivity contribution in [1.29, 1.82) is 0 Å². The molecule has 0 bridgehead atoms. The fraction of sp³-hybridized carbons (Fsp3) is 0.111. The fourth-order valence-corrected chi connectivity index (χ4v) is 2.42. The molecule has 2 N–H and O–H groups in total. The lowest BCUT2D eigenvalue weighted by Gasteiger charge is -2.09. The Hall–Kier alpha value is -3.08. The number of nitrogens with two attached hydrogens (primary N) is 1. The van der Waals surface area contributed by atoms with Crippen molar-refractivity contribution in [2.24, 2.45) is 0 Å². The molecule has 1 aromatic heterocycles. The number of carbonyl (C=O) groups excluding carboxylic acids is 1. The second-order valence-corrected chi connectivity index (χ2v) is 5.05. The SMILES string of the molecule is COC(=O)c1ccc(-c2ccc3cc(OC)ccc3n2)c(N)c1. The van der Waals surface area contributed by atoms with E-state index in [0.29, 0.717) is 11.3 Å². The molecule has 0 radical (unpaired) electrons. The molecule has 0 aliphatic carbocycles. The van der Waals surface area contributed by atoms with Gasteiger partial charge in [-0.2, -0.15) is 0 Å². The highest BCUT2D eigenvalue weighted by Gasteiger charge is 2.11. The number of hydrogen-bond acceptors (Lipinski definition) is 5. The van der Waals surface area contributed by atoms with Crippen LogP contribution in [0.1, 0.15) is 10.4 Å². The lowest BCUT2D eigenvalue weighted by Crippen LogP contribution is -2.03. The van der Waals surface area contributed by atoms with Crippen molar-refractivity contribution in [1.82, 2.24) is 4.98 Å². The zero-order chi connectivity index (χ0) is 16.4. The molecule has 0 amide bonds. The molecule has 5 heteroatoms. The van der Waals surface area contributed by atoms with Gasteiger partial charge in [-0.25, -0.2) is 9.78 Å². The quantitative estimate of drug-likeness (QED) is 0.593. The standard InChI is InChI=1S/C18H16N2O3/c1-22-13-5-8-16-11(9-13)4-7-17(20-16)14-6-3-12(10-15(14)19)18(21)23-2/h3-10H,19H2,1-2H3. The summed E-state index contributed by atoms with van der Waals surface area (Å²) in [6.07, 6.45) is 0. The van der Waals surface area contributed by atoms with Crippen LogP contribution in [0.2, 0.25) is 0 Å². The minimum Gasteiger partial charge on any atom is -0.497 e. The Bertz CT molecular complexity index is 891. The minimum atomic E-state index is -0.415. The summed E-state index contributed by atoms with van der Waals surface area (Å²) in [5.74, 6) is 0.371. The third-order valence-electron chi connectivity index (χ3n) is 3.64. The van der Waals surface area contributed by atoms with Crippen LogP contribution in [0.3, 0.4) is 0 Å². The molecule has 2 aromatic carbocycles. The van der Waals surface area contributed by atoms with Gasteiger partial charge in [-0.3, -0.25) is 0 Å². The van der Waals surface area contributed by atoms with Gasteiger partial charge in [0, 0.05) is 16.6 Å². The van der Waals surface area contributed by atoms with E-state index in [0.717, 1.165) is 27.9 Å². The molecule has 23 heavy (non-hydrogen) atoms. The molecule has 0 spiro atoms. The van der Waals surface area contributed by atoms with Gasteiger partial charge in [-0.1, -0.05) is 6.07 Å². The number of carbonyl (C=O) groups is 1. The predicted octanol–water partition coefficient (Wildman–Crippen LogP) is 3.28. The first-order chi connectivity index (χ1) is 11.1. The number of rotatable bonds is 3. The Morgan fingerprint density at radius 2 is 1.87 bits per heavy atom. The number of methoxy groups -OCH3 is 2. The summed E-state index contributed by atoms with van der Waals surface area (Å²) in [5.41, 5.74) is 9.33. The lowest BCUT2D eigenvalue weighted by atomic mass is 10.0. The first-order valence-electron chi connectivity index (χ1n) is 7.05. The molecule has 1 heterocycles. The van der Waals surface area contributed by atoms with Crippen molar-refractivity contribution in [3.8, 4) is 17.0 Å². The lowest BCUT2D eigenvalue weighted by molar-refractivity contribution is 0.0601. The summed E-state index contributed by atoms with van der Waals surface area (Å²) in [7, 11) is 2.97. The van der Waals surface area contributed by atoms with Crippen LogP contribution in [0.5, 0.6) is 5.75 Å². The smallest absolute Gasteiger partial charge is 0.337 e. The van der Waals surface area contributed by atoms with Gasteiger partial charge in [0.2, 0.25) is 0 Å². The van der Waals surface area contributed by atoms with Gasteiger partial charge in [-0.15, -0.1) is 0 Å². The molecule has 0 aliphatic rings. The summed E-state index contributed by atoms with van der Waals surface area (Å²) >= 11 is 0. The van der Waals surface area contributed by atoms with Gasteiger partial charge >= 0.3 is 5.97 Å². The largest absolute Gasteiger partial charge is 0.497 e. The average molecular weight is 308 g/mol. The maximum atomic E-state index is 11.5. The van der Waals surface area contributed by atoms with Crippen LogP contribution in [-0.2, 0) is 4.74 Å². The highest BCUT2D eigenvalue weighted by Crippen LogP contribution is 2.28. The van der Waals surface area contributed by atoms with E-state index in [1.807, 2.05) is 30.3 Å². The first kappa shape index (κ1) is 14.8. The Labute approximate surface area is 133 Å². The summed E-state index contributed by atoms with van der Waals surface area (Å²) in [6.45, 7) is 0. The number of nitrogens with zero attached hydrogens (tertiary/aromatic N) is 1. The number of esters is 1. The minimum absolute atomic E-state index is 0.415. The molecule has 116 valence electrons. The Kier molecular flexibility index (Phi) is 3.85. The van der Waals surface area contributed by atoms with Crippen molar-refractivity contribution in [3.05, 3.63) is 54.1 Å². The van der Waals surface area contributed by atoms with E-state index in [1.54, 1.807) is 25.3 Å². The van der Waals surface area contributed by atoms with Crippen molar-refractivity contribution in [2.45, 2.75) is 0 Å². The molecule has 0 fully saturated rings. The number of nitrogen functional groups attached to an aromatic ring is 1. The Balaban J connectivity index is 2.04. The third kappa shape index (κ3) is 2.81. The highest BCUT2D eigenvalue weighted by molar-refractivity contribution is 5.93. The van der Waals surface area contributed by atoms with Gasteiger partial charge in [0.15, 0.2) is 0 Å². The zero-order valence-electron chi connectivity index (χ0n) is 12.9. The van der Waals surface area contributed by atoms with E-state index in [4.69, 9.17) is 15.2 Å². The van der Waals surface area contributed by atoms with Crippen LogP contribution in [0.25, 0.3) is 22.2 Å². The normalized spacial score (nSPS) is 10.5. The Morgan fingerprint density at radius 3 is 2.57 bits per heavy atom. The van der Waals surface area contributed by atoms with E-state index >= 15 is 0 Å². The molecule has 0 unspecified atom stereocenters. The molecule has 0 saturated carbocycles. The van der Waals surface area contributed by atoms with Gasteiger partial charge in [-0.05, 0) is 42.5 Å². The number of hydrogen-bond donors (Lipinski definition) is 1. The van der Waals surface area contributed by atoms with Crippen LogP contribution in [0.4, 0.5) is 5.69 Å². The summed E-state index contributed by atoms with van der Waals surface area (Å²) in [6, 6.07) is 14.6. The van der Waals surface area contributed by atoms with Gasteiger partial charge in [0.05, 0.1) is 31.0 Å². The number of aromatic nitrogens is 1. The molecule has 0 atom stereocenters. The maximum absolute atomic E-state index is 11.5. The van der Waals surface area contributed by atoms with Crippen LogP contribution >= 0.6 is 0 Å². The second kappa shape index (κ2) is 5.96. The van der Waals surface area contributed by atoms with E-state index < -0.39 is 5.97 Å². The van der Waals surface area contributed by atoms with Crippen molar-refractivity contribution in [3.63, 3.8) is 0 Å². The number of fused-ring (bicyclic) bond motifs is 1. The monoisotopic (exact) mass is 308 g/mol.